The zero-order chi connectivity index (χ0) is 28.8. The number of unbranched alkanes of at least 4 members (excludes halogenated alkanes) is 15. The standard InChI is InChI=1S/C35H62O3/c1-9-10-11-12-13-14-15-16-17-18-19-20-21-22-23-24-25-35(8,32(37)38)28-26-29(33(2,3)4)31(36)30(27-28)34(5,6)7/h26-27,36H,9-25H2,1-8H3,(H,37,38)/p-1. The smallest absolute Gasteiger partial charge is 0.123 e. The number of phenols is 1. The number of aromatic hydroxyl groups is 1. The molecule has 0 saturated heterocycles. The minimum atomic E-state index is -1.07. The topological polar surface area (TPSA) is 60.4 Å². The summed E-state index contributed by atoms with van der Waals surface area (Å²) < 4.78 is 0. The summed E-state index contributed by atoms with van der Waals surface area (Å²) in [6, 6.07) is 3.82. The first-order valence-corrected chi connectivity index (χ1v) is 15.8. The van der Waals surface area contributed by atoms with Gasteiger partial charge < -0.3 is 15.0 Å². The van der Waals surface area contributed by atoms with Crippen LogP contribution in [0.15, 0.2) is 12.1 Å². The lowest BCUT2D eigenvalue weighted by Gasteiger charge is -2.35. The maximum Gasteiger partial charge on any atom is 0.123 e. The molecular formula is C35H61O3-. The van der Waals surface area contributed by atoms with Gasteiger partial charge in [0.1, 0.15) is 5.75 Å². The molecule has 1 aromatic rings. The van der Waals surface area contributed by atoms with Gasteiger partial charge in [0.2, 0.25) is 0 Å². The normalized spacial score (nSPS) is 14.0. The average molecular weight is 530 g/mol. The molecule has 1 N–H and O–H groups in total. The van der Waals surface area contributed by atoms with Gasteiger partial charge in [-0.3, -0.25) is 0 Å². The summed E-state index contributed by atoms with van der Waals surface area (Å²) in [7, 11) is 0. The van der Waals surface area contributed by atoms with Crippen molar-refractivity contribution in [3.63, 3.8) is 0 Å². The van der Waals surface area contributed by atoms with Crippen molar-refractivity contribution in [2.75, 3.05) is 0 Å². The summed E-state index contributed by atoms with van der Waals surface area (Å²) in [6.45, 7) is 16.4. The number of carbonyl (C=O) groups excluding carboxylic acids is 1. The first-order chi connectivity index (χ1) is 17.7. The number of carbonyl (C=O) groups is 1. The highest BCUT2D eigenvalue weighted by Crippen LogP contribution is 2.43. The summed E-state index contributed by atoms with van der Waals surface area (Å²) in [5, 5.41) is 23.5. The number of carboxylic acids is 1. The number of rotatable bonds is 19. The van der Waals surface area contributed by atoms with Crippen LogP contribution in [-0.4, -0.2) is 11.1 Å². The van der Waals surface area contributed by atoms with Crippen LogP contribution >= 0.6 is 0 Å². The summed E-state index contributed by atoms with van der Waals surface area (Å²) >= 11 is 0. The molecule has 1 aromatic carbocycles. The minimum Gasteiger partial charge on any atom is -0.549 e. The van der Waals surface area contributed by atoms with E-state index in [1.807, 2.05) is 12.1 Å². The molecule has 0 heterocycles. The molecule has 1 rings (SSSR count). The average Bonchev–Trinajstić information content (AvgIpc) is 2.82. The maximum absolute atomic E-state index is 12.4. The van der Waals surface area contributed by atoms with Crippen LogP contribution < -0.4 is 5.11 Å². The second-order valence-corrected chi connectivity index (χ2v) is 14.1. The van der Waals surface area contributed by atoms with Crippen molar-refractivity contribution in [3.05, 3.63) is 28.8 Å². The Morgan fingerprint density at radius 2 is 0.947 bits per heavy atom. The monoisotopic (exact) mass is 529 g/mol. The lowest BCUT2D eigenvalue weighted by atomic mass is 9.72. The molecule has 3 heteroatoms. The Balaban J connectivity index is 2.50. The van der Waals surface area contributed by atoms with Crippen LogP contribution in [0.5, 0.6) is 5.75 Å². The van der Waals surface area contributed by atoms with Crippen molar-refractivity contribution in [1.82, 2.24) is 0 Å². The highest BCUT2D eigenvalue weighted by Gasteiger charge is 2.33. The second-order valence-electron chi connectivity index (χ2n) is 14.1. The van der Waals surface area contributed by atoms with E-state index < -0.39 is 11.4 Å². The van der Waals surface area contributed by atoms with Gasteiger partial charge in [-0.1, -0.05) is 170 Å². The molecule has 0 radical (unpaired) electrons. The van der Waals surface area contributed by atoms with Crippen LogP contribution in [0.1, 0.15) is 181 Å². The van der Waals surface area contributed by atoms with Crippen molar-refractivity contribution < 1.29 is 15.0 Å². The van der Waals surface area contributed by atoms with Gasteiger partial charge in [-0.2, -0.15) is 0 Å². The predicted octanol–water partition coefficient (Wildman–Crippen LogP) is 9.65. The Morgan fingerprint density at radius 3 is 1.24 bits per heavy atom. The Labute approximate surface area is 236 Å². The molecule has 1 atom stereocenters. The van der Waals surface area contributed by atoms with Crippen LogP contribution in [0, 0.1) is 0 Å². The third-order valence-electron chi connectivity index (χ3n) is 8.34. The van der Waals surface area contributed by atoms with Crippen molar-refractivity contribution in [1.29, 1.82) is 0 Å². The molecule has 0 bridgehead atoms. The zero-order valence-electron chi connectivity index (χ0n) is 26.4. The fraction of sp³-hybridized carbons (Fsp3) is 0.800. The molecule has 0 spiro atoms. The Kier molecular flexibility index (Phi) is 15.0. The van der Waals surface area contributed by atoms with E-state index in [1.54, 1.807) is 6.92 Å². The van der Waals surface area contributed by atoms with Gasteiger partial charge in [-0.15, -0.1) is 0 Å². The number of aliphatic carboxylic acids is 1. The maximum atomic E-state index is 12.4. The SMILES string of the molecule is CCCCCCCCCCCCCCCCCCC(C)(C(=O)[O-])c1cc(C(C)(C)C)c(O)c(C(C)(C)C)c1. The summed E-state index contributed by atoms with van der Waals surface area (Å²) in [5.74, 6) is -0.735. The molecule has 0 aliphatic heterocycles. The third kappa shape index (κ3) is 11.7. The number of hydrogen-bond acceptors (Lipinski definition) is 3. The van der Waals surface area contributed by atoms with Gasteiger partial charge in [-0.05, 0) is 33.9 Å². The number of phenolic OH excluding ortho intramolecular Hbond substituents is 1. The van der Waals surface area contributed by atoms with Gasteiger partial charge >= 0.3 is 0 Å². The Bertz CT molecular complexity index is 776. The third-order valence-corrected chi connectivity index (χ3v) is 8.34. The van der Waals surface area contributed by atoms with Crippen molar-refractivity contribution in [3.8, 4) is 5.75 Å². The highest BCUT2D eigenvalue weighted by atomic mass is 16.4. The summed E-state index contributed by atoms with van der Waals surface area (Å²) in [6.07, 6.45) is 21.4. The Morgan fingerprint density at radius 1 is 0.632 bits per heavy atom. The highest BCUT2D eigenvalue weighted by molar-refractivity contribution is 5.79. The van der Waals surface area contributed by atoms with Crippen LogP contribution in [0.2, 0.25) is 0 Å². The van der Waals surface area contributed by atoms with Crippen molar-refractivity contribution in [2.45, 2.75) is 181 Å². The van der Waals surface area contributed by atoms with Gasteiger partial charge in [0.05, 0.1) is 5.97 Å². The van der Waals surface area contributed by atoms with Crippen LogP contribution in [0.25, 0.3) is 0 Å². The van der Waals surface area contributed by atoms with E-state index in [9.17, 15) is 15.0 Å². The number of hydrogen-bond donors (Lipinski definition) is 1. The Hall–Kier alpha value is -1.51. The predicted molar refractivity (Wildman–Crippen MR) is 162 cm³/mol. The van der Waals surface area contributed by atoms with Crippen molar-refractivity contribution in [2.24, 2.45) is 0 Å². The molecule has 0 aromatic heterocycles. The van der Waals surface area contributed by atoms with E-state index in [2.05, 4.69) is 48.5 Å². The van der Waals surface area contributed by atoms with E-state index in [-0.39, 0.29) is 16.6 Å². The summed E-state index contributed by atoms with van der Waals surface area (Å²) in [4.78, 5) is 12.4. The van der Waals surface area contributed by atoms with E-state index in [4.69, 9.17) is 0 Å². The molecule has 0 saturated carbocycles. The van der Waals surface area contributed by atoms with E-state index in [1.165, 1.54) is 83.5 Å². The number of benzene rings is 1. The molecule has 0 amide bonds. The molecule has 1 unspecified atom stereocenters. The van der Waals surface area contributed by atoms with Gasteiger partial charge in [0.25, 0.3) is 0 Å². The zero-order valence-corrected chi connectivity index (χ0v) is 26.4. The summed E-state index contributed by atoms with van der Waals surface area (Å²) in [5.41, 5.74) is 0.719. The fourth-order valence-electron chi connectivity index (χ4n) is 5.49. The molecule has 38 heavy (non-hydrogen) atoms. The van der Waals surface area contributed by atoms with Crippen molar-refractivity contribution >= 4 is 5.97 Å². The second kappa shape index (κ2) is 16.6. The molecule has 220 valence electrons. The van der Waals surface area contributed by atoms with Gasteiger partial charge in [-0.25, -0.2) is 0 Å². The van der Waals surface area contributed by atoms with E-state index in [0.29, 0.717) is 6.42 Å². The van der Waals surface area contributed by atoms with E-state index >= 15 is 0 Å². The van der Waals surface area contributed by atoms with Crippen LogP contribution in [0.4, 0.5) is 0 Å². The lowest BCUT2D eigenvalue weighted by Crippen LogP contribution is -2.44. The molecule has 0 aliphatic rings. The minimum absolute atomic E-state index is 0.289. The molecule has 0 fully saturated rings. The fourth-order valence-corrected chi connectivity index (χ4v) is 5.49. The number of carboxylic acid groups (broad SMARTS) is 1. The van der Waals surface area contributed by atoms with Gasteiger partial charge in [0, 0.05) is 5.41 Å². The van der Waals surface area contributed by atoms with Gasteiger partial charge in [0.15, 0.2) is 0 Å². The van der Waals surface area contributed by atoms with Crippen LogP contribution in [0.3, 0.4) is 0 Å². The lowest BCUT2D eigenvalue weighted by molar-refractivity contribution is -0.313. The molecule has 3 nitrogen and oxygen atoms in total. The molecular weight excluding hydrogens is 468 g/mol. The first-order valence-electron chi connectivity index (χ1n) is 15.8. The van der Waals surface area contributed by atoms with Crippen LogP contribution in [-0.2, 0) is 21.0 Å². The molecule has 0 aliphatic carbocycles. The first kappa shape index (κ1) is 34.5. The largest absolute Gasteiger partial charge is 0.549 e. The van der Waals surface area contributed by atoms with E-state index in [0.717, 1.165) is 36.0 Å². The quantitative estimate of drug-likeness (QED) is 0.181.